The largest absolute Gasteiger partial charge is 0.480 e. The van der Waals surface area contributed by atoms with Gasteiger partial charge in [0.15, 0.2) is 0 Å². The molecule has 134 valence electrons. The third kappa shape index (κ3) is 4.09. The lowest BCUT2D eigenvalue weighted by atomic mass is 10.1. The van der Waals surface area contributed by atoms with Gasteiger partial charge in [-0.05, 0) is 30.5 Å². The van der Waals surface area contributed by atoms with E-state index >= 15 is 0 Å². The number of carbonyl (C=O) groups is 1. The highest BCUT2D eigenvalue weighted by molar-refractivity contribution is 7.89. The van der Waals surface area contributed by atoms with Gasteiger partial charge in [0.05, 0.1) is 15.8 Å². The molecule has 0 aliphatic carbocycles. The fourth-order valence-corrected chi connectivity index (χ4v) is 3.79. The molecule has 2 rings (SSSR count). The van der Waals surface area contributed by atoms with Crippen LogP contribution in [0, 0.1) is 16.0 Å². The van der Waals surface area contributed by atoms with Crippen LogP contribution in [0.4, 0.5) is 5.69 Å². The molecule has 0 unspecified atom stereocenters. The van der Waals surface area contributed by atoms with E-state index in [-0.39, 0.29) is 33.8 Å². The van der Waals surface area contributed by atoms with Crippen LogP contribution in [0.1, 0.15) is 20.3 Å². The molecule has 1 atom stereocenters. The molecule has 10 heteroatoms. The fourth-order valence-electron chi connectivity index (χ4n) is 2.43. The van der Waals surface area contributed by atoms with Gasteiger partial charge in [-0.15, -0.1) is 0 Å². The molecular weight excluding hydrogens is 350 g/mol. The standard InChI is InChI=1S/C15H17N3O6S/c1-9(2)8-11(15(19)20)17-25(23,24)13-6-5-12(18(21)22)10-4-3-7-16-14(10)13/h3-7,9,11,17H,8H2,1-2H3,(H,19,20)/t11-/m1/s1. The average Bonchev–Trinajstić information content (AvgIpc) is 2.52. The molecular formula is C15H17N3O6S. The summed E-state index contributed by atoms with van der Waals surface area (Å²) in [5.41, 5.74) is -0.364. The summed E-state index contributed by atoms with van der Waals surface area (Å²) in [6.45, 7) is 3.54. The molecule has 1 heterocycles. The number of non-ortho nitro benzene ring substituents is 1. The second-order valence-corrected chi connectivity index (χ2v) is 7.56. The van der Waals surface area contributed by atoms with Gasteiger partial charge in [0.25, 0.3) is 5.69 Å². The first-order chi connectivity index (χ1) is 11.6. The molecule has 0 fully saturated rings. The topological polar surface area (TPSA) is 140 Å². The molecule has 1 aromatic carbocycles. The number of pyridine rings is 1. The van der Waals surface area contributed by atoms with Gasteiger partial charge in [-0.1, -0.05) is 13.8 Å². The van der Waals surface area contributed by atoms with Gasteiger partial charge in [0, 0.05) is 12.3 Å². The van der Waals surface area contributed by atoms with Crippen LogP contribution in [0.5, 0.6) is 0 Å². The predicted octanol–water partition coefficient (Wildman–Crippen LogP) is 1.92. The number of sulfonamides is 1. The molecule has 2 aromatic rings. The van der Waals surface area contributed by atoms with Crippen molar-refractivity contribution in [3.8, 4) is 0 Å². The zero-order valence-electron chi connectivity index (χ0n) is 13.5. The van der Waals surface area contributed by atoms with Gasteiger partial charge in [0.1, 0.15) is 10.9 Å². The number of nitrogens with one attached hydrogen (secondary N) is 1. The maximum Gasteiger partial charge on any atom is 0.321 e. The van der Waals surface area contributed by atoms with E-state index in [0.717, 1.165) is 12.1 Å². The summed E-state index contributed by atoms with van der Waals surface area (Å²) in [7, 11) is -4.24. The van der Waals surface area contributed by atoms with Crippen molar-refractivity contribution < 1.29 is 23.2 Å². The smallest absolute Gasteiger partial charge is 0.321 e. The van der Waals surface area contributed by atoms with Crippen molar-refractivity contribution in [2.75, 3.05) is 0 Å². The number of nitro groups is 1. The Kier molecular flexibility index (Phi) is 5.33. The van der Waals surface area contributed by atoms with Crippen LogP contribution in [0.2, 0.25) is 0 Å². The Morgan fingerprint density at radius 2 is 2.04 bits per heavy atom. The first-order valence-corrected chi connectivity index (χ1v) is 8.89. The highest BCUT2D eigenvalue weighted by Crippen LogP contribution is 2.29. The summed E-state index contributed by atoms with van der Waals surface area (Å²) in [6, 6.07) is 3.67. The third-order valence-electron chi connectivity index (χ3n) is 3.50. The molecule has 2 N–H and O–H groups in total. The first kappa shape index (κ1) is 18.7. The molecule has 1 aromatic heterocycles. The maximum absolute atomic E-state index is 12.6. The summed E-state index contributed by atoms with van der Waals surface area (Å²) < 4.78 is 27.4. The van der Waals surface area contributed by atoms with Crippen LogP contribution in [0.15, 0.2) is 35.4 Å². The van der Waals surface area contributed by atoms with Crippen LogP contribution < -0.4 is 4.72 Å². The zero-order valence-corrected chi connectivity index (χ0v) is 14.4. The number of benzene rings is 1. The number of fused-ring (bicyclic) bond motifs is 1. The van der Waals surface area contributed by atoms with Crippen molar-refractivity contribution >= 4 is 32.6 Å². The minimum absolute atomic E-state index is 0.0458. The number of hydrogen-bond acceptors (Lipinski definition) is 6. The molecule has 0 saturated carbocycles. The average molecular weight is 367 g/mol. The molecule has 0 aliphatic heterocycles. The SMILES string of the molecule is CC(C)C[C@@H](NS(=O)(=O)c1ccc([N+](=O)[O-])c2cccnc12)C(=O)O. The second kappa shape index (κ2) is 7.11. The number of hydrogen-bond donors (Lipinski definition) is 2. The van der Waals surface area contributed by atoms with Crippen molar-refractivity contribution in [2.24, 2.45) is 5.92 Å². The number of nitrogens with zero attached hydrogens (tertiary/aromatic N) is 2. The molecule has 0 amide bonds. The van der Waals surface area contributed by atoms with E-state index in [0.29, 0.717) is 0 Å². The summed E-state index contributed by atoms with van der Waals surface area (Å²) in [5.74, 6) is -1.34. The van der Waals surface area contributed by atoms with Crippen LogP contribution in [-0.4, -0.2) is 35.4 Å². The summed E-state index contributed by atoms with van der Waals surface area (Å²) in [5, 5.41) is 20.4. The fraction of sp³-hybridized carbons (Fsp3) is 0.333. The van der Waals surface area contributed by atoms with Gasteiger partial charge in [-0.3, -0.25) is 19.9 Å². The number of carboxylic acids is 1. The lowest BCUT2D eigenvalue weighted by molar-refractivity contribution is -0.383. The minimum atomic E-state index is -4.24. The van der Waals surface area contributed by atoms with E-state index in [1.165, 1.54) is 18.3 Å². The molecule has 0 bridgehead atoms. The Balaban J connectivity index is 2.55. The first-order valence-electron chi connectivity index (χ1n) is 7.40. The highest BCUT2D eigenvalue weighted by atomic mass is 32.2. The predicted molar refractivity (Wildman–Crippen MR) is 89.6 cm³/mol. The van der Waals surface area contributed by atoms with Gasteiger partial charge >= 0.3 is 5.97 Å². The lowest BCUT2D eigenvalue weighted by Crippen LogP contribution is -2.41. The zero-order chi connectivity index (χ0) is 18.8. The van der Waals surface area contributed by atoms with Crippen molar-refractivity contribution in [3.63, 3.8) is 0 Å². The van der Waals surface area contributed by atoms with E-state index in [2.05, 4.69) is 9.71 Å². The van der Waals surface area contributed by atoms with Crippen LogP contribution in [0.25, 0.3) is 10.9 Å². The number of carboxylic acid groups (broad SMARTS) is 1. The highest BCUT2D eigenvalue weighted by Gasteiger charge is 2.29. The van der Waals surface area contributed by atoms with Crippen LogP contribution in [0.3, 0.4) is 0 Å². The molecule has 0 spiro atoms. The van der Waals surface area contributed by atoms with E-state index < -0.39 is 27.0 Å². The van der Waals surface area contributed by atoms with Crippen molar-refractivity contribution in [1.82, 2.24) is 9.71 Å². The minimum Gasteiger partial charge on any atom is -0.480 e. The number of aromatic nitrogens is 1. The van der Waals surface area contributed by atoms with Crippen molar-refractivity contribution in [2.45, 2.75) is 31.2 Å². The monoisotopic (exact) mass is 367 g/mol. The summed E-state index contributed by atoms with van der Waals surface area (Å²) in [4.78, 5) is 25.4. The van der Waals surface area contributed by atoms with Gasteiger partial charge in [0.2, 0.25) is 10.0 Å². The van der Waals surface area contributed by atoms with E-state index in [1.54, 1.807) is 13.8 Å². The quantitative estimate of drug-likeness (QED) is 0.563. The van der Waals surface area contributed by atoms with Crippen molar-refractivity contribution in [1.29, 1.82) is 0 Å². The van der Waals surface area contributed by atoms with Crippen molar-refractivity contribution in [3.05, 3.63) is 40.6 Å². The van der Waals surface area contributed by atoms with Crippen LogP contribution in [-0.2, 0) is 14.8 Å². The van der Waals surface area contributed by atoms with Gasteiger partial charge in [-0.2, -0.15) is 4.72 Å². The molecule has 0 radical (unpaired) electrons. The second-order valence-electron chi connectivity index (χ2n) is 5.88. The number of rotatable bonds is 7. The van der Waals surface area contributed by atoms with Gasteiger partial charge < -0.3 is 5.11 Å². The Hall–Kier alpha value is -2.59. The van der Waals surface area contributed by atoms with Crippen LogP contribution >= 0.6 is 0 Å². The lowest BCUT2D eigenvalue weighted by Gasteiger charge is -2.17. The molecule has 0 saturated heterocycles. The Morgan fingerprint density at radius 1 is 1.36 bits per heavy atom. The molecule has 0 aliphatic rings. The van der Waals surface area contributed by atoms with E-state index in [1.807, 2.05) is 0 Å². The van der Waals surface area contributed by atoms with E-state index in [4.69, 9.17) is 0 Å². The summed E-state index contributed by atoms with van der Waals surface area (Å²) >= 11 is 0. The Morgan fingerprint density at radius 3 is 2.60 bits per heavy atom. The van der Waals surface area contributed by atoms with E-state index in [9.17, 15) is 28.4 Å². The number of nitro benzene ring substituents is 1. The van der Waals surface area contributed by atoms with Gasteiger partial charge in [-0.25, -0.2) is 8.42 Å². The molecule has 25 heavy (non-hydrogen) atoms. The normalized spacial score (nSPS) is 13.1. The number of aliphatic carboxylic acids is 1. The maximum atomic E-state index is 12.6. The summed E-state index contributed by atoms with van der Waals surface area (Å²) in [6.07, 6.45) is 1.42. The Labute approximate surface area is 143 Å². The Bertz CT molecular complexity index is 926. The third-order valence-corrected chi connectivity index (χ3v) is 5.00. The molecule has 9 nitrogen and oxygen atoms in total.